The molecule has 3 aromatic carbocycles. The Kier molecular flexibility index (Phi) is 27.2. The lowest BCUT2D eigenvalue weighted by atomic mass is 9.94. The monoisotopic (exact) mass is 1010 g/mol. The largest absolute Gasteiger partial charge is 0.481 e. The Morgan fingerprint density at radius 3 is 1.86 bits per heavy atom. The maximum Gasteiger partial charge on any atom is 0.305 e. The van der Waals surface area contributed by atoms with Gasteiger partial charge in [-0.3, -0.25) is 24.2 Å². The van der Waals surface area contributed by atoms with Crippen molar-refractivity contribution in [3.8, 4) is 22.4 Å². The fraction of sp³-hybridized carbons (Fsp3) is 0.328. The summed E-state index contributed by atoms with van der Waals surface area (Å²) >= 11 is 0. The van der Waals surface area contributed by atoms with Gasteiger partial charge in [0, 0.05) is 55.4 Å². The van der Waals surface area contributed by atoms with Gasteiger partial charge in [-0.05, 0) is 123 Å². The third-order valence-corrected chi connectivity index (χ3v) is 11.5. The number of nitrogens with one attached hydrogen (secondary N) is 3. The van der Waals surface area contributed by atoms with Crippen molar-refractivity contribution in [1.29, 1.82) is 0 Å². The van der Waals surface area contributed by atoms with E-state index in [0.717, 1.165) is 56.2 Å². The molecule has 2 heterocycles. The Morgan fingerprint density at radius 2 is 1.28 bits per heavy atom. The lowest BCUT2D eigenvalue weighted by Crippen LogP contribution is -2.34. The van der Waals surface area contributed by atoms with Crippen molar-refractivity contribution in [2.75, 3.05) is 18.4 Å². The average Bonchev–Trinajstić information content (AvgIpc) is 3.74. The van der Waals surface area contributed by atoms with Gasteiger partial charge in [0.2, 0.25) is 5.91 Å². The number of anilines is 1. The first-order chi connectivity index (χ1) is 35.9. The molecule has 0 spiro atoms. The van der Waals surface area contributed by atoms with Gasteiger partial charge in [0.15, 0.2) is 0 Å². The number of carboxylic acids is 1. The lowest BCUT2D eigenvalue weighted by molar-refractivity contribution is -0.139. The van der Waals surface area contributed by atoms with Gasteiger partial charge in [-0.25, -0.2) is 4.39 Å². The first-order valence-electron chi connectivity index (χ1n) is 25.6. The first kappa shape index (κ1) is 59.1. The second-order valence-corrected chi connectivity index (χ2v) is 17.9. The van der Waals surface area contributed by atoms with E-state index in [1.807, 2.05) is 79.1 Å². The number of carbonyl (C=O) groups is 4. The number of halogens is 1. The van der Waals surface area contributed by atoms with E-state index < -0.39 is 24.6 Å². The molecule has 6 N–H and O–H groups in total. The summed E-state index contributed by atoms with van der Waals surface area (Å²) in [5, 5.41) is 38.4. The van der Waals surface area contributed by atoms with Crippen LogP contribution in [0.4, 0.5) is 10.1 Å². The zero-order valence-corrected chi connectivity index (χ0v) is 43.0. The molecule has 0 aliphatic carbocycles. The van der Waals surface area contributed by atoms with E-state index in [0.29, 0.717) is 53.1 Å². The predicted molar refractivity (Wildman–Crippen MR) is 295 cm³/mol. The number of para-hydroxylation sites is 1. The standard InChI is InChI=1S/C33H35FN2O5.C28H39N3O2/c1-21(2)31-30(33(41)35-25-11-7-4-8-12-25)29(22-9-5-3-6-10-22)32(23-13-15-24(34)16-14-23)36(31)18-17-26(37)19-27(38)20-28(39)40;1-2-3-4-5-6-7-8-9-10-11-12-13-14-15-16-17-18-21-27(32)30-23-24-31-28(33)26-20-19-22-29-25-26/h3-16,21,26-27,37-38H,17-20H2,1-2H3,(H,35,41)(H,39,40);3-4,6-7,9-10,12-13,15-16,19-20,22,25H,2,5,8,11,14,17-18,21,23-24H2,1H3,(H,30,32)(H,31,33)/b;4-3-,7-6-,10-9-,13-12-,16-15-/t26-,27-;/m1./s1. The molecular weight excluding hydrogens is 934 g/mol. The molecule has 5 rings (SSSR count). The summed E-state index contributed by atoms with van der Waals surface area (Å²) in [6.07, 6.45) is 29.6. The Labute approximate surface area is 436 Å². The minimum absolute atomic E-state index is 0.0120. The fourth-order valence-electron chi connectivity index (χ4n) is 8.02. The zero-order chi connectivity index (χ0) is 53.3. The van der Waals surface area contributed by atoms with Crippen LogP contribution in [0.1, 0.15) is 124 Å². The number of carbonyl (C=O) groups excluding carboxylic acids is 3. The van der Waals surface area contributed by atoms with Crippen molar-refractivity contribution >= 4 is 29.4 Å². The normalized spacial score (nSPS) is 12.4. The van der Waals surface area contributed by atoms with Crippen LogP contribution in [0.5, 0.6) is 0 Å². The van der Waals surface area contributed by atoms with Crippen LogP contribution < -0.4 is 16.0 Å². The van der Waals surface area contributed by atoms with E-state index in [-0.39, 0.29) is 48.8 Å². The number of aliphatic hydroxyl groups is 2. The summed E-state index contributed by atoms with van der Waals surface area (Å²) in [6.45, 7) is 7.22. The number of amides is 3. The maximum atomic E-state index is 14.0. The van der Waals surface area contributed by atoms with Crippen molar-refractivity contribution in [3.05, 3.63) is 193 Å². The highest BCUT2D eigenvalue weighted by molar-refractivity contribution is 6.12. The molecule has 13 heteroatoms. The summed E-state index contributed by atoms with van der Waals surface area (Å²) in [5.41, 5.74) is 5.29. The quantitative estimate of drug-likeness (QED) is 0.0202. The van der Waals surface area contributed by atoms with E-state index in [2.05, 4.69) is 88.6 Å². The third kappa shape index (κ3) is 21.7. The Morgan fingerprint density at radius 1 is 0.689 bits per heavy atom. The minimum atomic E-state index is -1.18. The van der Waals surface area contributed by atoms with Gasteiger partial charge in [-0.1, -0.05) is 130 Å². The van der Waals surface area contributed by atoms with Crippen molar-refractivity contribution < 1.29 is 38.9 Å². The predicted octanol–water partition coefficient (Wildman–Crippen LogP) is 12.2. The molecule has 0 bridgehead atoms. The molecule has 0 fully saturated rings. The lowest BCUT2D eigenvalue weighted by Gasteiger charge is -2.20. The van der Waals surface area contributed by atoms with Crippen molar-refractivity contribution in [3.63, 3.8) is 0 Å². The molecule has 12 nitrogen and oxygen atoms in total. The van der Waals surface area contributed by atoms with E-state index in [4.69, 9.17) is 5.11 Å². The van der Waals surface area contributed by atoms with Gasteiger partial charge in [0.05, 0.1) is 35.4 Å². The first-order valence-corrected chi connectivity index (χ1v) is 25.6. The molecule has 3 amide bonds. The number of aromatic nitrogens is 2. The topological polar surface area (TPSA) is 183 Å². The molecule has 2 atom stereocenters. The van der Waals surface area contributed by atoms with Gasteiger partial charge in [-0.15, -0.1) is 0 Å². The SMILES string of the molecule is CC(C)c1c(C(=O)Nc2ccccc2)c(-c2ccccc2)c(-c2ccc(F)cc2)n1CC[C@@H](O)C[C@@H](O)CC(=O)O.CC/C=C\C/C=C\C/C=C\C/C=C\C/C=C\CCCC(=O)NCCNC(=O)c1cccnc1. The number of unbranched alkanes of at least 4 members (excludes halogenated alkanes) is 1. The average molecular weight is 1010 g/mol. The number of nitrogens with zero attached hydrogens (tertiary/aromatic N) is 2. The molecule has 0 radical (unpaired) electrons. The van der Waals surface area contributed by atoms with Gasteiger partial charge in [0.1, 0.15) is 5.82 Å². The number of aliphatic hydroxyl groups excluding tert-OH is 2. The third-order valence-electron chi connectivity index (χ3n) is 11.5. The number of aliphatic carboxylic acids is 1. The Balaban J connectivity index is 0.000000329. The minimum Gasteiger partial charge on any atom is -0.481 e. The molecule has 392 valence electrons. The van der Waals surface area contributed by atoms with Crippen molar-refractivity contribution in [1.82, 2.24) is 20.2 Å². The number of carboxylic acid groups (broad SMARTS) is 1. The van der Waals surface area contributed by atoms with E-state index in [1.54, 1.807) is 30.5 Å². The van der Waals surface area contributed by atoms with Crippen LogP contribution in [0, 0.1) is 5.82 Å². The molecule has 0 saturated heterocycles. The molecule has 0 aliphatic rings. The van der Waals surface area contributed by atoms with E-state index >= 15 is 0 Å². The summed E-state index contributed by atoms with van der Waals surface area (Å²) in [7, 11) is 0. The molecule has 5 aromatic rings. The summed E-state index contributed by atoms with van der Waals surface area (Å²) < 4.78 is 16.0. The number of hydrogen-bond acceptors (Lipinski definition) is 7. The Bertz CT molecular complexity index is 2610. The highest BCUT2D eigenvalue weighted by atomic mass is 19.1. The van der Waals surface area contributed by atoms with Crippen LogP contribution in [0.25, 0.3) is 22.4 Å². The number of rotatable bonds is 29. The number of benzene rings is 3. The molecule has 0 aliphatic heterocycles. The number of pyridine rings is 1. The highest BCUT2D eigenvalue weighted by Crippen LogP contribution is 2.42. The number of allylic oxidation sites excluding steroid dienone is 10. The zero-order valence-electron chi connectivity index (χ0n) is 43.0. The van der Waals surface area contributed by atoms with Crippen LogP contribution in [0.2, 0.25) is 0 Å². The van der Waals surface area contributed by atoms with Crippen LogP contribution in [-0.4, -0.2) is 73.9 Å². The van der Waals surface area contributed by atoms with Crippen molar-refractivity contribution in [2.24, 2.45) is 0 Å². The molecular formula is C61H74FN5O7. The van der Waals surface area contributed by atoms with Crippen molar-refractivity contribution in [2.45, 2.75) is 116 Å². The molecule has 0 unspecified atom stereocenters. The molecule has 74 heavy (non-hydrogen) atoms. The van der Waals surface area contributed by atoms with E-state index in [9.17, 15) is 33.8 Å². The van der Waals surface area contributed by atoms with Crippen LogP contribution in [-0.2, 0) is 16.1 Å². The van der Waals surface area contributed by atoms with Crippen LogP contribution in [0.15, 0.2) is 170 Å². The van der Waals surface area contributed by atoms with Crippen LogP contribution >= 0.6 is 0 Å². The second kappa shape index (κ2) is 34.0. The molecule has 2 aromatic heterocycles. The summed E-state index contributed by atoms with van der Waals surface area (Å²) in [4.78, 5) is 52.6. The fourth-order valence-corrected chi connectivity index (χ4v) is 8.02. The van der Waals surface area contributed by atoms with Gasteiger partial charge in [-0.2, -0.15) is 0 Å². The maximum absolute atomic E-state index is 14.0. The van der Waals surface area contributed by atoms with Crippen LogP contribution in [0.3, 0.4) is 0 Å². The summed E-state index contributed by atoms with van der Waals surface area (Å²) in [6, 6.07) is 28.2. The van der Waals surface area contributed by atoms with Gasteiger partial charge < -0.3 is 35.8 Å². The number of hydrogen-bond donors (Lipinski definition) is 6. The van der Waals surface area contributed by atoms with Gasteiger partial charge >= 0.3 is 5.97 Å². The second-order valence-electron chi connectivity index (χ2n) is 17.9. The van der Waals surface area contributed by atoms with Gasteiger partial charge in [0.25, 0.3) is 11.8 Å². The smallest absolute Gasteiger partial charge is 0.305 e. The highest BCUT2D eigenvalue weighted by Gasteiger charge is 2.31. The van der Waals surface area contributed by atoms with E-state index in [1.165, 1.54) is 18.3 Å². The Hall–Kier alpha value is -7.48. The molecule has 0 saturated carbocycles. The summed E-state index contributed by atoms with van der Waals surface area (Å²) in [5.74, 6) is -2.11.